The van der Waals surface area contributed by atoms with Crippen LogP contribution in [0.25, 0.3) is 5.76 Å². The molecule has 1 heterocycles. The largest absolute Gasteiger partial charge is 0.507 e. The van der Waals surface area contributed by atoms with Gasteiger partial charge in [-0.05, 0) is 63.2 Å². The van der Waals surface area contributed by atoms with E-state index in [1.54, 1.807) is 23.1 Å². The van der Waals surface area contributed by atoms with Gasteiger partial charge < -0.3 is 19.6 Å². The molecule has 2 aromatic rings. The number of nitrogens with zero attached hydrogens (tertiary/aromatic N) is 2. The van der Waals surface area contributed by atoms with Crippen molar-refractivity contribution < 1.29 is 19.4 Å². The monoisotopic (exact) mass is 450 g/mol. The van der Waals surface area contributed by atoms with Gasteiger partial charge in [0.1, 0.15) is 11.5 Å². The number of rotatable bonds is 9. The smallest absolute Gasteiger partial charge is 0.295 e. The average Bonchev–Trinajstić information content (AvgIpc) is 3.05. The molecule has 0 aromatic heterocycles. The Morgan fingerprint density at radius 3 is 2.39 bits per heavy atom. The molecule has 3 rings (SSSR count). The van der Waals surface area contributed by atoms with Crippen LogP contribution >= 0.6 is 0 Å². The summed E-state index contributed by atoms with van der Waals surface area (Å²) in [4.78, 5) is 30.1. The van der Waals surface area contributed by atoms with Crippen molar-refractivity contribution in [3.63, 3.8) is 0 Å². The van der Waals surface area contributed by atoms with Crippen molar-refractivity contribution in [2.75, 3.05) is 32.8 Å². The van der Waals surface area contributed by atoms with Crippen LogP contribution in [0.15, 0.2) is 48.0 Å². The third kappa shape index (κ3) is 5.11. The molecule has 6 nitrogen and oxygen atoms in total. The predicted octanol–water partition coefficient (Wildman–Crippen LogP) is 4.47. The molecule has 2 aromatic carbocycles. The molecule has 1 fully saturated rings. The summed E-state index contributed by atoms with van der Waals surface area (Å²) in [6, 6.07) is 12.4. The fourth-order valence-electron chi connectivity index (χ4n) is 4.36. The summed E-state index contributed by atoms with van der Waals surface area (Å²) < 4.78 is 5.60. The summed E-state index contributed by atoms with van der Waals surface area (Å²) in [5, 5.41) is 11.3. The molecular weight excluding hydrogens is 416 g/mol. The van der Waals surface area contributed by atoms with E-state index in [-0.39, 0.29) is 11.3 Å². The first kappa shape index (κ1) is 24.5. The topological polar surface area (TPSA) is 70.1 Å². The number of benzene rings is 2. The molecular formula is C27H34N2O4. The van der Waals surface area contributed by atoms with Crippen LogP contribution in [-0.2, 0) is 9.59 Å². The van der Waals surface area contributed by atoms with Crippen LogP contribution < -0.4 is 4.74 Å². The Morgan fingerprint density at radius 2 is 1.79 bits per heavy atom. The van der Waals surface area contributed by atoms with Crippen LogP contribution in [0, 0.1) is 13.8 Å². The zero-order valence-electron chi connectivity index (χ0n) is 20.2. The van der Waals surface area contributed by atoms with Gasteiger partial charge in [-0.25, -0.2) is 0 Å². The Balaban J connectivity index is 2.10. The first-order valence-corrected chi connectivity index (χ1v) is 11.6. The Morgan fingerprint density at radius 1 is 1.06 bits per heavy atom. The Labute approximate surface area is 196 Å². The Kier molecular flexibility index (Phi) is 7.92. The number of carbonyl (C=O) groups excluding carboxylic acids is 2. The molecule has 1 atom stereocenters. The molecule has 1 aliphatic heterocycles. The summed E-state index contributed by atoms with van der Waals surface area (Å²) in [5.74, 6) is -0.650. The number of aliphatic hydroxyl groups is 1. The highest BCUT2D eigenvalue weighted by atomic mass is 16.5. The van der Waals surface area contributed by atoms with E-state index >= 15 is 0 Å². The molecule has 1 aliphatic rings. The number of Topliss-reactive ketones (excluding diaryl/α,β-unsaturated/α-hetero) is 1. The van der Waals surface area contributed by atoms with Gasteiger partial charge in [-0.15, -0.1) is 0 Å². The standard InChI is InChI=1S/C27H34N2O4/c1-6-28(7-2)14-15-29-24(20-11-9-10-18(4)16-20)23(26(31)27(29)32)25(30)21-12-13-22(33-8-3)19(5)17-21/h9-13,16-17,24,30H,6-8,14-15H2,1-5H3/b25-23-. The number of hydrogen-bond donors (Lipinski definition) is 1. The van der Waals surface area contributed by atoms with Gasteiger partial charge in [-0.1, -0.05) is 43.7 Å². The SMILES string of the molecule is CCOc1ccc(/C(O)=C2/C(=O)C(=O)N(CCN(CC)CC)C2c2cccc(C)c2)cc1C. The van der Waals surface area contributed by atoms with Gasteiger partial charge in [-0.2, -0.15) is 0 Å². The van der Waals surface area contributed by atoms with Gasteiger partial charge in [0, 0.05) is 18.7 Å². The lowest BCUT2D eigenvalue weighted by Gasteiger charge is -2.28. The number of ketones is 1. The first-order valence-electron chi connectivity index (χ1n) is 11.6. The number of amides is 1. The van der Waals surface area contributed by atoms with Crippen molar-refractivity contribution in [2.45, 2.75) is 40.7 Å². The predicted molar refractivity (Wildman–Crippen MR) is 130 cm³/mol. The van der Waals surface area contributed by atoms with E-state index in [9.17, 15) is 14.7 Å². The highest BCUT2D eigenvalue weighted by Gasteiger charge is 2.46. The van der Waals surface area contributed by atoms with Gasteiger partial charge in [0.2, 0.25) is 0 Å². The second kappa shape index (κ2) is 10.7. The summed E-state index contributed by atoms with van der Waals surface area (Å²) in [6.07, 6.45) is 0. The van der Waals surface area contributed by atoms with Crippen molar-refractivity contribution in [3.05, 3.63) is 70.3 Å². The van der Waals surface area contributed by atoms with Crippen LogP contribution in [0.5, 0.6) is 5.75 Å². The normalized spacial score (nSPS) is 17.8. The lowest BCUT2D eigenvalue weighted by molar-refractivity contribution is -0.140. The summed E-state index contributed by atoms with van der Waals surface area (Å²) in [7, 11) is 0. The molecule has 33 heavy (non-hydrogen) atoms. The van der Waals surface area contributed by atoms with Crippen molar-refractivity contribution in [2.24, 2.45) is 0 Å². The van der Waals surface area contributed by atoms with Gasteiger partial charge in [-0.3, -0.25) is 9.59 Å². The minimum atomic E-state index is -0.648. The van der Waals surface area contributed by atoms with Crippen molar-refractivity contribution >= 4 is 17.4 Å². The van der Waals surface area contributed by atoms with Crippen molar-refractivity contribution in [3.8, 4) is 5.75 Å². The van der Waals surface area contributed by atoms with Crippen LogP contribution in [0.4, 0.5) is 0 Å². The third-order valence-electron chi connectivity index (χ3n) is 6.20. The third-order valence-corrected chi connectivity index (χ3v) is 6.20. The Hall–Kier alpha value is -3.12. The first-order chi connectivity index (χ1) is 15.8. The number of likely N-dealkylation sites (tertiary alicyclic amines) is 1. The van der Waals surface area contributed by atoms with Gasteiger partial charge in [0.25, 0.3) is 11.7 Å². The van der Waals surface area contributed by atoms with E-state index in [1.165, 1.54) is 0 Å². The molecule has 1 amide bonds. The number of aliphatic hydroxyl groups excluding tert-OH is 1. The molecule has 1 saturated heterocycles. The van der Waals surface area contributed by atoms with E-state index in [1.807, 2.05) is 45.0 Å². The van der Waals surface area contributed by atoms with E-state index in [4.69, 9.17) is 4.74 Å². The minimum Gasteiger partial charge on any atom is -0.507 e. The second-order valence-electron chi connectivity index (χ2n) is 8.35. The van der Waals surface area contributed by atoms with Gasteiger partial charge >= 0.3 is 0 Å². The number of carbonyl (C=O) groups is 2. The zero-order chi connectivity index (χ0) is 24.1. The molecule has 6 heteroatoms. The second-order valence-corrected chi connectivity index (χ2v) is 8.35. The molecule has 0 saturated carbocycles. The average molecular weight is 451 g/mol. The van der Waals surface area contributed by atoms with Gasteiger partial charge in [0.15, 0.2) is 0 Å². The maximum absolute atomic E-state index is 13.2. The zero-order valence-corrected chi connectivity index (χ0v) is 20.2. The van der Waals surface area contributed by atoms with Crippen molar-refractivity contribution in [1.29, 1.82) is 0 Å². The summed E-state index contributed by atoms with van der Waals surface area (Å²) in [6.45, 7) is 13.3. The van der Waals surface area contributed by atoms with E-state index in [0.717, 1.165) is 35.5 Å². The van der Waals surface area contributed by atoms with E-state index in [0.29, 0.717) is 25.3 Å². The van der Waals surface area contributed by atoms with E-state index in [2.05, 4.69) is 18.7 Å². The number of likely N-dealkylation sites (N-methyl/N-ethyl adjacent to an activating group) is 1. The molecule has 1 unspecified atom stereocenters. The quantitative estimate of drug-likeness (QED) is 0.347. The number of aryl methyl sites for hydroxylation is 2. The van der Waals surface area contributed by atoms with Crippen molar-refractivity contribution in [1.82, 2.24) is 9.80 Å². The fraction of sp³-hybridized carbons (Fsp3) is 0.407. The number of ether oxygens (including phenoxy) is 1. The van der Waals surface area contributed by atoms with E-state index < -0.39 is 17.7 Å². The van der Waals surface area contributed by atoms with Crippen LogP contribution in [0.1, 0.15) is 49.1 Å². The highest BCUT2D eigenvalue weighted by molar-refractivity contribution is 6.46. The molecule has 0 aliphatic carbocycles. The fourth-order valence-corrected chi connectivity index (χ4v) is 4.36. The maximum atomic E-state index is 13.2. The lowest BCUT2D eigenvalue weighted by Crippen LogP contribution is -2.38. The molecule has 0 spiro atoms. The molecule has 0 radical (unpaired) electrons. The van der Waals surface area contributed by atoms with Crippen LogP contribution in [0.3, 0.4) is 0 Å². The molecule has 1 N–H and O–H groups in total. The summed E-state index contributed by atoms with van der Waals surface area (Å²) >= 11 is 0. The number of hydrogen-bond acceptors (Lipinski definition) is 5. The minimum absolute atomic E-state index is 0.133. The Bertz CT molecular complexity index is 1060. The lowest BCUT2D eigenvalue weighted by atomic mass is 9.94. The maximum Gasteiger partial charge on any atom is 0.295 e. The van der Waals surface area contributed by atoms with Crippen LogP contribution in [-0.4, -0.2) is 59.4 Å². The highest BCUT2D eigenvalue weighted by Crippen LogP contribution is 2.40. The van der Waals surface area contributed by atoms with Crippen LogP contribution in [0.2, 0.25) is 0 Å². The molecule has 0 bridgehead atoms. The summed E-state index contributed by atoms with van der Waals surface area (Å²) in [5.41, 5.74) is 3.32. The van der Waals surface area contributed by atoms with Gasteiger partial charge in [0.05, 0.1) is 18.2 Å². The molecule has 176 valence electrons.